The summed E-state index contributed by atoms with van der Waals surface area (Å²) in [6.45, 7) is 1.86. The minimum atomic E-state index is -1.05. The molecule has 2 saturated heterocycles. The summed E-state index contributed by atoms with van der Waals surface area (Å²) in [5.74, 6) is -0.0882. The van der Waals surface area contributed by atoms with Crippen molar-refractivity contribution in [2.45, 2.75) is 37.6 Å². The lowest BCUT2D eigenvalue weighted by atomic mass is 10.1. The van der Waals surface area contributed by atoms with Crippen LogP contribution in [0.5, 0.6) is 0 Å². The average Bonchev–Trinajstić information content (AvgIpc) is 3.26. The van der Waals surface area contributed by atoms with Gasteiger partial charge in [0.2, 0.25) is 11.9 Å². The first-order chi connectivity index (χ1) is 13.0. The summed E-state index contributed by atoms with van der Waals surface area (Å²) in [5.41, 5.74) is 6.99. The van der Waals surface area contributed by atoms with E-state index in [9.17, 15) is 13.6 Å². The van der Waals surface area contributed by atoms with Gasteiger partial charge in [-0.15, -0.1) is 0 Å². The highest BCUT2D eigenvalue weighted by Crippen LogP contribution is 2.26. The molecule has 0 unspecified atom stereocenters. The van der Waals surface area contributed by atoms with E-state index in [1.807, 2.05) is 4.90 Å². The van der Waals surface area contributed by atoms with Crippen LogP contribution < -0.4 is 16.0 Å². The number of ether oxygens (including phenoxy) is 1. The molecule has 3 N–H and O–H groups in total. The van der Waals surface area contributed by atoms with E-state index >= 15 is 0 Å². The second-order valence-corrected chi connectivity index (χ2v) is 7.17. The van der Waals surface area contributed by atoms with E-state index in [-0.39, 0.29) is 18.5 Å². The highest BCUT2D eigenvalue weighted by Gasteiger charge is 2.30. The number of hydrogen-bond donors (Lipinski definition) is 2. The minimum Gasteiger partial charge on any atom is -0.379 e. The minimum absolute atomic E-state index is 0.00339. The van der Waals surface area contributed by atoms with Crippen molar-refractivity contribution < 1.29 is 18.3 Å². The molecule has 0 aliphatic carbocycles. The number of aromatic nitrogens is 2. The van der Waals surface area contributed by atoms with E-state index in [4.69, 9.17) is 10.5 Å². The van der Waals surface area contributed by atoms with Crippen LogP contribution in [0.25, 0.3) is 11.0 Å². The second kappa shape index (κ2) is 7.40. The molecule has 0 radical (unpaired) electrons. The highest BCUT2D eigenvalue weighted by molar-refractivity contribution is 5.83. The topological polar surface area (TPSA) is 85.4 Å². The van der Waals surface area contributed by atoms with Crippen LogP contribution in [0.3, 0.4) is 0 Å². The van der Waals surface area contributed by atoms with E-state index in [2.05, 4.69) is 10.3 Å². The van der Waals surface area contributed by atoms with Crippen molar-refractivity contribution in [3.05, 3.63) is 24.0 Å². The molecule has 7 nitrogen and oxygen atoms in total. The predicted molar refractivity (Wildman–Crippen MR) is 96.8 cm³/mol. The highest BCUT2D eigenvalue weighted by atomic mass is 19.1. The smallest absolute Gasteiger partial charge is 0.240 e. The number of nitrogens with two attached hydrogens (primary N) is 1. The number of hydrogen-bond acceptors (Lipinski definition) is 5. The molecule has 0 saturated carbocycles. The van der Waals surface area contributed by atoms with E-state index in [1.54, 1.807) is 10.6 Å². The van der Waals surface area contributed by atoms with Gasteiger partial charge in [0.1, 0.15) is 18.5 Å². The van der Waals surface area contributed by atoms with Gasteiger partial charge >= 0.3 is 0 Å². The number of piperidine rings is 1. The van der Waals surface area contributed by atoms with Crippen LogP contribution in [-0.2, 0) is 16.1 Å². The Morgan fingerprint density at radius 3 is 3.00 bits per heavy atom. The van der Waals surface area contributed by atoms with Crippen molar-refractivity contribution in [1.82, 2.24) is 14.9 Å². The SMILES string of the molecule is N[C@@H]1CN(c2nc3ccc(F)cc3n2CC(=O)N[C@H]2CCOC2)CC[C@H]1F. The third-order valence-electron chi connectivity index (χ3n) is 5.14. The summed E-state index contributed by atoms with van der Waals surface area (Å²) in [4.78, 5) is 19.0. The number of fused-ring (bicyclic) bond motifs is 1. The van der Waals surface area contributed by atoms with E-state index in [1.165, 1.54) is 12.1 Å². The number of carbonyl (C=O) groups excluding carboxylic acids is 1. The molecule has 3 atom stereocenters. The number of imidazole rings is 1. The molecule has 9 heteroatoms. The molecule has 4 rings (SSSR count). The van der Waals surface area contributed by atoms with Crippen molar-refractivity contribution in [1.29, 1.82) is 0 Å². The van der Waals surface area contributed by atoms with Gasteiger partial charge in [0.05, 0.1) is 29.7 Å². The van der Waals surface area contributed by atoms with Gasteiger partial charge in [-0.2, -0.15) is 0 Å². The number of benzene rings is 1. The molecular weight excluding hydrogens is 356 g/mol. The van der Waals surface area contributed by atoms with Crippen molar-refractivity contribution >= 4 is 22.9 Å². The second-order valence-electron chi connectivity index (χ2n) is 7.17. The zero-order valence-corrected chi connectivity index (χ0v) is 14.9. The maximum Gasteiger partial charge on any atom is 0.240 e. The molecule has 2 aliphatic heterocycles. The number of nitrogens with one attached hydrogen (secondary N) is 1. The molecule has 2 aromatic rings. The number of nitrogens with zero attached hydrogens (tertiary/aromatic N) is 3. The van der Waals surface area contributed by atoms with E-state index < -0.39 is 18.0 Å². The molecule has 1 amide bonds. The Balaban J connectivity index is 1.63. The third kappa shape index (κ3) is 3.74. The first-order valence-corrected chi connectivity index (χ1v) is 9.19. The van der Waals surface area contributed by atoms with Gasteiger partial charge in [-0.1, -0.05) is 0 Å². The number of alkyl halides is 1. The Bertz CT molecular complexity index is 837. The fourth-order valence-corrected chi connectivity index (χ4v) is 3.68. The van der Waals surface area contributed by atoms with Crippen LogP contribution in [0.1, 0.15) is 12.8 Å². The monoisotopic (exact) mass is 379 g/mol. The van der Waals surface area contributed by atoms with Crippen LogP contribution in [0, 0.1) is 5.82 Å². The summed E-state index contributed by atoms with van der Waals surface area (Å²) >= 11 is 0. The van der Waals surface area contributed by atoms with Crippen LogP contribution in [0.15, 0.2) is 18.2 Å². The van der Waals surface area contributed by atoms with Gasteiger partial charge in [0.25, 0.3) is 0 Å². The number of halogens is 2. The Labute approximate surface area is 155 Å². The van der Waals surface area contributed by atoms with Crippen molar-refractivity contribution in [3.8, 4) is 0 Å². The lowest BCUT2D eigenvalue weighted by Gasteiger charge is -2.34. The maximum atomic E-state index is 13.8. The lowest BCUT2D eigenvalue weighted by molar-refractivity contribution is -0.122. The fourth-order valence-electron chi connectivity index (χ4n) is 3.68. The first kappa shape index (κ1) is 18.1. The number of anilines is 1. The molecule has 1 aromatic carbocycles. The molecule has 146 valence electrons. The molecule has 1 aromatic heterocycles. The number of rotatable bonds is 4. The molecule has 27 heavy (non-hydrogen) atoms. The van der Waals surface area contributed by atoms with Crippen LogP contribution >= 0.6 is 0 Å². The van der Waals surface area contributed by atoms with Gasteiger partial charge in [-0.25, -0.2) is 13.8 Å². The van der Waals surface area contributed by atoms with Gasteiger partial charge in [0, 0.05) is 19.7 Å². The van der Waals surface area contributed by atoms with Gasteiger partial charge in [0.15, 0.2) is 0 Å². The zero-order valence-electron chi connectivity index (χ0n) is 14.9. The van der Waals surface area contributed by atoms with Crippen LogP contribution in [0.4, 0.5) is 14.7 Å². The largest absolute Gasteiger partial charge is 0.379 e. The van der Waals surface area contributed by atoms with Gasteiger partial charge in [-0.05, 0) is 31.0 Å². The Morgan fingerprint density at radius 1 is 1.41 bits per heavy atom. The Kier molecular flexibility index (Phi) is 4.96. The lowest BCUT2D eigenvalue weighted by Crippen LogP contribution is -2.50. The molecule has 2 aliphatic rings. The van der Waals surface area contributed by atoms with E-state index in [0.717, 1.165) is 6.42 Å². The Morgan fingerprint density at radius 2 is 2.26 bits per heavy atom. The van der Waals surface area contributed by atoms with Crippen LogP contribution in [-0.4, -0.2) is 60.0 Å². The summed E-state index contributed by atoms with van der Waals surface area (Å²) in [7, 11) is 0. The maximum absolute atomic E-state index is 13.8. The van der Waals surface area contributed by atoms with Gasteiger partial charge < -0.3 is 25.3 Å². The summed E-state index contributed by atoms with van der Waals surface area (Å²) in [6, 6.07) is 3.64. The summed E-state index contributed by atoms with van der Waals surface area (Å²) in [5, 5.41) is 2.93. The number of amides is 1. The number of carbonyl (C=O) groups is 1. The molecule has 3 heterocycles. The molecule has 0 spiro atoms. The predicted octanol–water partition coefficient (Wildman–Crippen LogP) is 0.956. The molecule has 2 fully saturated rings. The van der Waals surface area contributed by atoms with Gasteiger partial charge in [-0.3, -0.25) is 4.79 Å². The van der Waals surface area contributed by atoms with Crippen LogP contribution in [0.2, 0.25) is 0 Å². The summed E-state index contributed by atoms with van der Waals surface area (Å²) in [6.07, 6.45) is 0.0170. The van der Waals surface area contributed by atoms with Crippen molar-refractivity contribution in [3.63, 3.8) is 0 Å². The fraction of sp³-hybridized carbons (Fsp3) is 0.556. The standard InChI is InChI=1S/C18H23F2N5O2/c19-11-1-2-15-16(7-11)25(9-17(26)22-12-4-6-27-10-12)18(23-15)24-5-3-13(20)14(21)8-24/h1-2,7,12-14H,3-6,8-10,21H2,(H,22,26)/t12-,13+,14+/m0/s1. The van der Waals surface area contributed by atoms with Crippen molar-refractivity contribution in [2.75, 3.05) is 31.2 Å². The zero-order chi connectivity index (χ0) is 19.0. The average molecular weight is 379 g/mol. The van der Waals surface area contributed by atoms with E-state index in [0.29, 0.717) is 49.7 Å². The third-order valence-corrected chi connectivity index (χ3v) is 5.14. The van der Waals surface area contributed by atoms with Crippen molar-refractivity contribution in [2.24, 2.45) is 5.73 Å². The molecular formula is C18H23F2N5O2. The summed E-state index contributed by atoms with van der Waals surface area (Å²) < 4.78 is 34.5. The first-order valence-electron chi connectivity index (χ1n) is 9.19. The molecule has 0 bridgehead atoms. The Hall–Kier alpha value is -2.26. The quantitative estimate of drug-likeness (QED) is 0.827. The normalized spacial score (nSPS) is 25.9.